The molecule has 4 aromatic heterocycles. The number of H-pyrrole nitrogens is 2. The largest absolute Gasteiger partial charge is 0.383 e. The van der Waals surface area contributed by atoms with Gasteiger partial charge in [0.1, 0.15) is 35.6 Å². The number of carbonyl (C=O) groups is 2. The number of methoxy groups -OCH3 is 2. The molecule has 4 atom stereocenters. The van der Waals surface area contributed by atoms with E-state index < -0.39 is 0 Å². The monoisotopic (exact) mass is 630 g/mol. The summed E-state index contributed by atoms with van der Waals surface area (Å²) in [6.07, 6.45) is 13.1. The highest BCUT2D eigenvalue weighted by Gasteiger charge is 2.32. The Morgan fingerprint density at radius 1 is 0.783 bits per heavy atom. The summed E-state index contributed by atoms with van der Waals surface area (Å²) in [5.74, 6) is 1.45. The molecule has 0 spiro atoms. The molecule has 0 bridgehead atoms. The maximum Gasteiger partial charge on any atom is 0.246 e. The van der Waals surface area contributed by atoms with Crippen LogP contribution < -0.4 is 10.6 Å². The van der Waals surface area contributed by atoms with E-state index in [2.05, 4.69) is 53.7 Å². The molecule has 46 heavy (non-hydrogen) atoms. The molecule has 2 aliphatic rings. The number of amides is 2. The summed E-state index contributed by atoms with van der Waals surface area (Å²) in [7, 11) is 3.31. The van der Waals surface area contributed by atoms with E-state index in [9.17, 15) is 9.59 Å². The zero-order chi connectivity index (χ0) is 32.5. The lowest BCUT2D eigenvalue weighted by molar-refractivity contribution is -0.131. The number of carbonyl (C=O) groups excluding carboxylic acids is 2. The number of piperidine rings is 2. The van der Waals surface area contributed by atoms with Crippen molar-refractivity contribution in [1.29, 1.82) is 0 Å². The summed E-state index contributed by atoms with van der Waals surface area (Å²) in [5, 5.41) is 8.79. The van der Waals surface area contributed by atoms with Gasteiger partial charge < -0.3 is 39.9 Å². The molecule has 2 saturated heterocycles. The first kappa shape index (κ1) is 32.6. The van der Waals surface area contributed by atoms with Crippen LogP contribution in [0.25, 0.3) is 22.1 Å². The number of nitrogens with zero attached hydrogens (tertiary/aromatic N) is 6. The third-order valence-electron chi connectivity index (χ3n) is 8.44. The van der Waals surface area contributed by atoms with Crippen LogP contribution in [0.3, 0.4) is 0 Å². The predicted octanol–water partition coefficient (Wildman–Crippen LogP) is 3.12. The van der Waals surface area contributed by atoms with Crippen LogP contribution in [-0.4, -0.2) is 116 Å². The van der Waals surface area contributed by atoms with Crippen LogP contribution in [0.15, 0.2) is 62.5 Å². The molecule has 6 heterocycles. The first-order valence-corrected chi connectivity index (χ1v) is 15.4. The van der Waals surface area contributed by atoms with Gasteiger partial charge in [-0.15, -0.1) is 0 Å². The quantitative estimate of drug-likeness (QED) is 0.191. The van der Waals surface area contributed by atoms with Crippen LogP contribution >= 0.6 is 0 Å². The summed E-state index contributed by atoms with van der Waals surface area (Å²) in [4.78, 5) is 51.1. The molecule has 2 aliphatic heterocycles. The third kappa shape index (κ3) is 7.51. The van der Waals surface area contributed by atoms with Crippen molar-refractivity contribution < 1.29 is 19.1 Å². The van der Waals surface area contributed by atoms with Gasteiger partial charge in [0.25, 0.3) is 0 Å². The summed E-state index contributed by atoms with van der Waals surface area (Å²) in [6, 6.07) is 4.37. The van der Waals surface area contributed by atoms with Crippen molar-refractivity contribution in [3.05, 3.63) is 62.5 Å². The SMILES string of the molecule is C=CC(=O)N1C[C@@H](Nc2ncnc3[nH]ccc23)CC[C@H]1COC.C=CC(=O)N1C[C@H](Nc2ncnc3[nH]ccc23)CC[C@@H]1COC. The van der Waals surface area contributed by atoms with Gasteiger partial charge in [-0.2, -0.15) is 0 Å². The normalized spacial score (nSPS) is 21.3. The predicted molar refractivity (Wildman–Crippen MR) is 176 cm³/mol. The highest BCUT2D eigenvalue weighted by atomic mass is 16.5. The molecule has 0 aromatic carbocycles. The first-order chi connectivity index (χ1) is 22.4. The number of likely N-dealkylation sites (tertiary alicyclic amines) is 2. The van der Waals surface area contributed by atoms with Gasteiger partial charge in [0.2, 0.25) is 11.8 Å². The molecular weight excluding hydrogens is 588 g/mol. The van der Waals surface area contributed by atoms with Gasteiger partial charge in [-0.3, -0.25) is 9.59 Å². The van der Waals surface area contributed by atoms with Crippen LogP contribution in [0, 0.1) is 0 Å². The Labute approximate surface area is 267 Å². The van der Waals surface area contributed by atoms with Gasteiger partial charge in [-0.05, 0) is 50.0 Å². The van der Waals surface area contributed by atoms with Crippen LogP contribution in [0.4, 0.5) is 11.6 Å². The van der Waals surface area contributed by atoms with Crippen LogP contribution in [-0.2, 0) is 19.1 Å². The molecule has 4 N–H and O–H groups in total. The van der Waals surface area contributed by atoms with Gasteiger partial charge >= 0.3 is 0 Å². The van der Waals surface area contributed by atoms with Gasteiger partial charge in [-0.1, -0.05) is 13.2 Å². The van der Waals surface area contributed by atoms with Crippen molar-refractivity contribution in [3.8, 4) is 0 Å². The minimum absolute atomic E-state index is 0.0620. The number of hydrogen-bond acceptors (Lipinski definition) is 10. The Morgan fingerprint density at radius 2 is 1.22 bits per heavy atom. The molecule has 14 nitrogen and oxygen atoms in total. The molecule has 0 aliphatic carbocycles. The van der Waals surface area contributed by atoms with Crippen molar-refractivity contribution in [1.82, 2.24) is 39.7 Å². The maximum absolute atomic E-state index is 12.1. The summed E-state index contributed by atoms with van der Waals surface area (Å²) in [5.41, 5.74) is 1.60. The summed E-state index contributed by atoms with van der Waals surface area (Å²) >= 11 is 0. The maximum atomic E-state index is 12.1. The van der Waals surface area contributed by atoms with E-state index in [1.54, 1.807) is 14.2 Å². The van der Waals surface area contributed by atoms with E-state index in [-0.39, 0.29) is 36.0 Å². The van der Waals surface area contributed by atoms with Crippen LogP contribution in [0.2, 0.25) is 0 Å². The number of hydrogen-bond donors (Lipinski definition) is 4. The summed E-state index contributed by atoms with van der Waals surface area (Å²) in [6.45, 7) is 9.49. The number of anilines is 2. The Morgan fingerprint density at radius 3 is 1.61 bits per heavy atom. The Hall–Kier alpha value is -4.82. The number of ether oxygens (including phenoxy) is 2. The Bertz CT molecular complexity index is 1520. The molecule has 2 fully saturated rings. The van der Waals surface area contributed by atoms with Crippen molar-refractivity contribution in [2.75, 3.05) is 51.2 Å². The fourth-order valence-corrected chi connectivity index (χ4v) is 6.16. The molecule has 4 aromatic rings. The topological polar surface area (TPSA) is 166 Å². The second-order valence-corrected chi connectivity index (χ2v) is 11.4. The highest BCUT2D eigenvalue weighted by molar-refractivity contribution is 5.89. The molecular formula is C32H42N10O4. The fraction of sp³-hybridized carbons (Fsp3) is 0.438. The second kappa shape index (κ2) is 15.5. The van der Waals surface area contributed by atoms with Gasteiger partial charge in [0.05, 0.1) is 36.1 Å². The lowest BCUT2D eigenvalue weighted by atomic mass is 9.98. The molecule has 6 rings (SSSR count). The fourth-order valence-electron chi connectivity index (χ4n) is 6.16. The zero-order valence-electron chi connectivity index (χ0n) is 26.3. The minimum atomic E-state index is -0.0620. The number of fused-ring (bicyclic) bond motifs is 2. The lowest BCUT2D eigenvalue weighted by Gasteiger charge is -2.39. The van der Waals surface area contributed by atoms with Gasteiger partial charge in [0.15, 0.2) is 0 Å². The minimum Gasteiger partial charge on any atom is -0.383 e. The van der Waals surface area contributed by atoms with Gasteiger partial charge in [-0.25, -0.2) is 19.9 Å². The van der Waals surface area contributed by atoms with E-state index >= 15 is 0 Å². The van der Waals surface area contributed by atoms with E-state index in [1.807, 2.05) is 34.3 Å². The van der Waals surface area contributed by atoms with Crippen molar-refractivity contribution in [3.63, 3.8) is 0 Å². The first-order valence-electron chi connectivity index (χ1n) is 15.4. The molecule has 0 unspecified atom stereocenters. The smallest absolute Gasteiger partial charge is 0.246 e. The highest BCUT2D eigenvalue weighted by Crippen LogP contribution is 2.25. The van der Waals surface area contributed by atoms with E-state index in [0.717, 1.165) is 59.4 Å². The average molecular weight is 631 g/mol. The average Bonchev–Trinajstić information content (AvgIpc) is 3.77. The number of rotatable bonds is 10. The van der Waals surface area contributed by atoms with Crippen molar-refractivity contribution in [2.45, 2.75) is 49.9 Å². The van der Waals surface area contributed by atoms with E-state index in [0.29, 0.717) is 26.3 Å². The van der Waals surface area contributed by atoms with Gasteiger partial charge in [0, 0.05) is 51.8 Å². The van der Waals surface area contributed by atoms with Crippen LogP contribution in [0.5, 0.6) is 0 Å². The summed E-state index contributed by atoms with van der Waals surface area (Å²) < 4.78 is 10.5. The van der Waals surface area contributed by atoms with E-state index in [4.69, 9.17) is 9.47 Å². The van der Waals surface area contributed by atoms with E-state index in [1.165, 1.54) is 24.8 Å². The Kier molecular flexibility index (Phi) is 10.9. The molecule has 244 valence electrons. The lowest BCUT2D eigenvalue weighted by Crippen LogP contribution is -2.52. The second-order valence-electron chi connectivity index (χ2n) is 11.4. The van der Waals surface area contributed by atoms with Crippen molar-refractivity contribution in [2.24, 2.45) is 0 Å². The number of aromatic nitrogens is 6. The molecule has 14 heteroatoms. The molecule has 0 saturated carbocycles. The molecule has 2 amide bonds. The number of aromatic amines is 2. The zero-order valence-corrected chi connectivity index (χ0v) is 26.3. The van der Waals surface area contributed by atoms with Crippen LogP contribution in [0.1, 0.15) is 25.7 Å². The Balaban J connectivity index is 0.000000181. The number of nitrogens with one attached hydrogen (secondary N) is 4. The van der Waals surface area contributed by atoms with Crippen molar-refractivity contribution >= 4 is 45.5 Å². The standard InChI is InChI=1S/2C16H21N5O2/c2*1-3-14(22)21-8-11(4-5-12(21)9-23-2)20-16-13-6-7-17-15(13)18-10-19-16/h2*3,6-7,10-12H,1,4-5,8-9H2,2H3,(H2,17,18,19,20)/t2*11-,12-/m10/s1. The molecule has 0 radical (unpaired) electrons. The third-order valence-corrected chi connectivity index (χ3v) is 8.44.